The number of nitrogens with zero attached hydrogens (tertiary/aromatic N) is 1. The minimum atomic E-state index is -0.0428. The van der Waals surface area contributed by atoms with E-state index in [9.17, 15) is 5.11 Å². The van der Waals surface area contributed by atoms with Crippen LogP contribution in [-0.2, 0) is 6.61 Å². The molecule has 0 atom stereocenters. The predicted molar refractivity (Wildman–Crippen MR) is 71.2 cm³/mol. The molecule has 1 aromatic carbocycles. The standard InChI is InChI=1S/C10H6BrCl2NOS/c11-10-14-9(8(4-15)16-10)5-1-2-6(12)7(13)3-5/h1-3,15H,4H2. The number of benzene rings is 1. The SMILES string of the molecule is OCc1sc(Br)nc1-c1ccc(Cl)c(Cl)c1. The maximum atomic E-state index is 9.21. The van der Waals surface area contributed by atoms with E-state index in [1.54, 1.807) is 12.1 Å². The summed E-state index contributed by atoms with van der Waals surface area (Å²) in [5, 5.41) is 10.2. The van der Waals surface area contributed by atoms with Gasteiger partial charge in [0.05, 0.1) is 27.2 Å². The van der Waals surface area contributed by atoms with E-state index in [0.29, 0.717) is 10.0 Å². The molecular formula is C10H6BrCl2NOS. The number of aromatic nitrogens is 1. The van der Waals surface area contributed by atoms with Crippen molar-refractivity contribution in [2.45, 2.75) is 6.61 Å². The summed E-state index contributed by atoms with van der Waals surface area (Å²) >= 11 is 16.5. The van der Waals surface area contributed by atoms with Crippen molar-refractivity contribution in [3.05, 3.63) is 37.0 Å². The van der Waals surface area contributed by atoms with Gasteiger partial charge < -0.3 is 5.11 Å². The molecule has 84 valence electrons. The summed E-state index contributed by atoms with van der Waals surface area (Å²) in [5.74, 6) is 0. The van der Waals surface area contributed by atoms with Crippen molar-refractivity contribution in [3.63, 3.8) is 0 Å². The van der Waals surface area contributed by atoms with Gasteiger partial charge in [-0.15, -0.1) is 11.3 Å². The second kappa shape index (κ2) is 5.02. The lowest BCUT2D eigenvalue weighted by Gasteiger charge is -2.01. The van der Waals surface area contributed by atoms with Gasteiger partial charge in [0, 0.05) is 5.56 Å². The third-order valence-corrected chi connectivity index (χ3v) is 4.24. The molecule has 0 bridgehead atoms. The highest BCUT2D eigenvalue weighted by molar-refractivity contribution is 9.11. The molecule has 1 N–H and O–H groups in total. The van der Waals surface area contributed by atoms with Crippen molar-refractivity contribution in [1.29, 1.82) is 0 Å². The van der Waals surface area contributed by atoms with Gasteiger partial charge in [-0.1, -0.05) is 29.3 Å². The smallest absolute Gasteiger partial charge is 0.160 e. The van der Waals surface area contributed by atoms with Crippen LogP contribution in [0.2, 0.25) is 10.0 Å². The maximum absolute atomic E-state index is 9.21. The Bertz CT molecular complexity index is 530. The lowest BCUT2D eigenvalue weighted by atomic mass is 10.1. The monoisotopic (exact) mass is 337 g/mol. The molecule has 0 unspecified atom stereocenters. The molecular weight excluding hydrogens is 333 g/mol. The average Bonchev–Trinajstić information content (AvgIpc) is 2.63. The largest absolute Gasteiger partial charge is 0.391 e. The van der Waals surface area contributed by atoms with Crippen LogP contribution in [0.3, 0.4) is 0 Å². The number of hydrogen-bond acceptors (Lipinski definition) is 3. The molecule has 2 nitrogen and oxygen atoms in total. The van der Waals surface area contributed by atoms with E-state index < -0.39 is 0 Å². The molecule has 2 aromatic rings. The molecule has 0 radical (unpaired) electrons. The normalized spacial score (nSPS) is 10.8. The van der Waals surface area contributed by atoms with E-state index in [0.717, 1.165) is 20.1 Å². The zero-order chi connectivity index (χ0) is 11.7. The van der Waals surface area contributed by atoms with Crippen LogP contribution < -0.4 is 0 Å². The average molecular weight is 339 g/mol. The van der Waals surface area contributed by atoms with Gasteiger partial charge in [0.1, 0.15) is 0 Å². The summed E-state index contributed by atoms with van der Waals surface area (Å²) in [7, 11) is 0. The minimum absolute atomic E-state index is 0.0428. The number of halogens is 3. The van der Waals surface area contributed by atoms with E-state index in [4.69, 9.17) is 23.2 Å². The third kappa shape index (κ3) is 2.41. The van der Waals surface area contributed by atoms with Crippen LogP contribution in [0.25, 0.3) is 11.3 Å². The van der Waals surface area contributed by atoms with E-state index in [2.05, 4.69) is 20.9 Å². The molecule has 0 amide bonds. The second-order valence-corrected chi connectivity index (χ2v) is 6.20. The molecule has 0 aliphatic heterocycles. The molecule has 0 spiro atoms. The molecule has 1 aromatic heterocycles. The van der Waals surface area contributed by atoms with Crippen LogP contribution >= 0.6 is 50.5 Å². The molecule has 0 aliphatic rings. The third-order valence-electron chi connectivity index (χ3n) is 2.01. The minimum Gasteiger partial charge on any atom is -0.391 e. The number of thiazole rings is 1. The van der Waals surface area contributed by atoms with Gasteiger partial charge in [0.15, 0.2) is 3.92 Å². The lowest BCUT2D eigenvalue weighted by Crippen LogP contribution is -1.85. The van der Waals surface area contributed by atoms with Crippen molar-refractivity contribution in [2.24, 2.45) is 0 Å². The Kier molecular flexibility index (Phi) is 3.87. The van der Waals surface area contributed by atoms with E-state index in [1.807, 2.05) is 6.07 Å². The fourth-order valence-corrected chi connectivity index (χ4v) is 3.03. The van der Waals surface area contributed by atoms with Gasteiger partial charge in [0.25, 0.3) is 0 Å². The fourth-order valence-electron chi connectivity index (χ4n) is 1.30. The summed E-state index contributed by atoms with van der Waals surface area (Å²) in [4.78, 5) is 5.09. The number of aliphatic hydroxyl groups excluding tert-OH is 1. The molecule has 1 heterocycles. The maximum Gasteiger partial charge on any atom is 0.160 e. The van der Waals surface area contributed by atoms with Crippen molar-refractivity contribution >= 4 is 50.5 Å². The first kappa shape index (κ1) is 12.3. The zero-order valence-corrected chi connectivity index (χ0v) is 11.8. The van der Waals surface area contributed by atoms with E-state index in [-0.39, 0.29) is 6.61 Å². The summed E-state index contributed by atoms with van der Waals surface area (Å²) in [6.45, 7) is -0.0428. The molecule has 6 heteroatoms. The molecule has 2 rings (SSSR count). The summed E-state index contributed by atoms with van der Waals surface area (Å²) in [5.41, 5.74) is 1.58. The van der Waals surface area contributed by atoms with Gasteiger partial charge in [-0.2, -0.15) is 0 Å². The highest BCUT2D eigenvalue weighted by atomic mass is 79.9. The fraction of sp³-hybridized carbons (Fsp3) is 0.100. The van der Waals surface area contributed by atoms with Gasteiger partial charge in [-0.25, -0.2) is 4.98 Å². The van der Waals surface area contributed by atoms with Gasteiger partial charge in [0.2, 0.25) is 0 Å². The van der Waals surface area contributed by atoms with Crippen molar-refractivity contribution in [1.82, 2.24) is 4.98 Å². The Balaban J connectivity index is 2.53. The molecule has 0 aliphatic carbocycles. The van der Waals surface area contributed by atoms with Crippen LogP contribution in [-0.4, -0.2) is 10.1 Å². The first-order chi connectivity index (χ1) is 7.61. The van der Waals surface area contributed by atoms with Crippen molar-refractivity contribution in [2.75, 3.05) is 0 Å². The van der Waals surface area contributed by atoms with Crippen LogP contribution in [0.15, 0.2) is 22.1 Å². The Morgan fingerprint density at radius 2 is 2.06 bits per heavy atom. The topological polar surface area (TPSA) is 33.1 Å². The van der Waals surface area contributed by atoms with Crippen LogP contribution in [0.5, 0.6) is 0 Å². The summed E-state index contributed by atoms with van der Waals surface area (Å²) in [6.07, 6.45) is 0. The van der Waals surface area contributed by atoms with Gasteiger partial charge >= 0.3 is 0 Å². The second-order valence-electron chi connectivity index (χ2n) is 3.03. The molecule has 0 fully saturated rings. The predicted octanol–water partition coefficient (Wildman–Crippen LogP) is 4.37. The molecule has 0 saturated heterocycles. The van der Waals surface area contributed by atoms with Crippen molar-refractivity contribution in [3.8, 4) is 11.3 Å². The first-order valence-corrected chi connectivity index (χ1v) is 6.70. The summed E-state index contributed by atoms with van der Waals surface area (Å²) < 4.78 is 0.734. The van der Waals surface area contributed by atoms with Crippen LogP contribution in [0, 0.1) is 0 Å². The first-order valence-electron chi connectivity index (χ1n) is 4.33. The number of aliphatic hydroxyl groups is 1. The van der Waals surface area contributed by atoms with E-state index >= 15 is 0 Å². The molecule has 16 heavy (non-hydrogen) atoms. The van der Waals surface area contributed by atoms with Gasteiger partial charge in [-0.3, -0.25) is 0 Å². The Hall–Kier alpha value is -0.130. The highest BCUT2D eigenvalue weighted by Crippen LogP contribution is 2.34. The Morgan fingerprint density at radius 3 is 2.69 bits per heavy atom. The van der Waals surface area contributed by atoms with Crippen LogP contribution in [0.4, 0.5) is 0 Å². The quantitative estimate of drug-likeness (QED) is 0.881. The van der Waals surface area contributed by atoms with Crippen LogP contribution in [0.1, 0.15) is 4.88 Å². The van der Waals surface area contributed by atoms with E-state index in [1.165, 1.54) is 11.3 Å². The number of rotatable bonds is 2. The van der Waals surface area contributed by atoms with Crippen molar-refractivity contribution < 1.29 is 5.11 Å². The highest BCUT2D eigenvalue weighted by Gasteiger charge is 2.12. The number of hydrogen-bond donors (Lipinski definition) is 1. The van der Waals surface area contributed by atoms with Gasteiger partial charge in [-0.05, 0) is 28.1 Å². The summed E-state index contributed by atoms with van der Waals surface area (Å²) in [6, 6.07) is 5.28. The Morgan fingerprint density at radius 1 is 1.31 bits per heavy atom. The Labute approximate surface area is 115 Å². The molecule has 0 saturated carbocycles. The lowest BCUT2D eigenvalue weighted by molar-refractivity contribution is 0.286. The zero-order valence-electron chi connectivity index (χ0n) is 7.88.